The molecule has 0 unspecified atom stereocenters. The molecule has 5 nitrogen and oxygen atoms in total. The number of piperidine rings is 1. The van der Waals surface area contributed by atoms with Gasteiger partial charge in [-0.05, 0) is 43.3 Å². The highest BCUT2D eigenvalue weighted by Crippen LogP contribution is 2.32. The lowest BCUT2D eigenvalue weighted by atomic mass is 9.99. The summed E-state index contributed by atoms with van der Waals surface area (Å²) < 4.78 is 24.9. The Morgan fingerprint density at radius 1 is 1.30 bits per heavy atom. The van der Waals surface area contributed by atoms with Gasteiger partial charge in [0, 0.05) is 30.3 Å². The van der Waals surface area contributed by atoms with Crippen molar-refractivity contribution in [2.24, 2.45) is 0 Å². The van der Waals surface area contributed by atoms with Gasteiger partial charge in [0.1, 0.15) is 0 Å². The molecule has 1 aromatic heterocycles. The first kappa shape index (κ1) is 16.5. The van der Waals surface area contributed by atoms with Crippen LogP contribution in [0.5, 0.6) is 0 Å². The Morgan fingerprint density at radius 3 is 2.91 bits per heavy atom. The Bertz CT molecular complexity index is 721. The van der Waals surface area contributed by atoms with Crippen LogP contribution in [0.15, 0.2) is 30.3 Å². The van der Waals surface area contributed by atoms with Crippen LogP contribution in [0.25, 0.3) is 10.9 Å². The van der Waals surface area contributed by atoms with Crippen molar-refractivity contribution in [2.75, 3.05) is 25.9 Å². The summed E-state index contributed by atoms with van der Waals surface area (Å²) in [6.07, 6.45) is 5.67. The SMILES string of the molecule is CS(=O)(=O)NCCCN1CCCC[C@@H]1c1cc2ccccc2[nH]1. The number of hydrogen-bond acceptors (Lipinski definition) is 3. The molecule has 126 valence electrons. The van der Waals surface area contributed by atoms with Gasteiger partial charge in [0.15, 0.2) is 0 Å². The van der Waals surface area contributed by atoms with E-state index in [1.807, 2.05) is 0 Å². The molecule has 1 aromatic carbocycles. The molecule has 1 aliphatic rings. The minimum atomic E-state index is -3.08. The first-order valence-electron chi connectivity index (χ1n) is 8.29. The van der Waals surface area contributed by atoms with Crippen molar-refractivity contribution in [2.45, 2.75) is 31.7 Å². The summed E-state index contributed by atoms with van der Waals surface area (Å²) in [5, 5.41) is 1.26. The van der Waals surface area contributed by atoms with Gasteiger partial charge in [-0.25, -0.2) is 13.1 Å². The number of fused-ring (bicyclic) bond motifs is 1. The standard InChI is InChI=1S/C17H25N3O2S/c1-23(21,22)18-10-6-12-20-11-5-4-9-17(20)16-13-14-7-2-3-8-15(14)19-16/h2-3,7-8,13,17-19H,4-6,9-12H2,1H3/t17-/m1/s1. The van der Waals surface area contributed by atoms with Gasteiger partial charge in [0.25, 0.3) is 0 Å². The van der Waals surface area contributed by atoms with Crippen LogP contribution in [0, 0.1) is 0 Å². The van der Waals surface area contributed by atoms with E-state index < -0.39 is 10.0 Å². The van der Waals surface area contributed by atoms with Gasteiger partial charge in [-0.1, -0.05) is 24.6 Å². The number of para-hydroxylation sites is 1. The van der Waals surface area contributed by atoms with Crippen molar-refractivity contribution in [1.82, 2.24) is 14.6 Å². The third-order valence-corrected chi connectivity index (χ3v) is 5.24. The molecule has 3 rings (SSSR count). The maximum Gasteiger partial charge on any atom is 0.208 e. The zero-order chi connectivity index (χ0) is 16.3. The van der Waals surface area contributed by atoms with Crippen molar-refractivity contribution in [1.29, 1.82) is 0 Å². The van der Waals surface area contributed by atoms with Gasteiger partial charge >= 0.3 is 0 Å². The number of nitrogens with zero attached hydrogens (tertiary/aromatic N) is 1. The lowest BCUT2D eigenvalue weighted by Gasteiger charge is -2.35. The summed E-state index contributed by atoms with van der Waals surface area (Å²) in [4.78, 5) is 6.04. The predicted octanol–water partition coefficient (Wildman–Crippen LogP) is 2.63. The second kappa shape index (κ2) is 7.03. The third kappa shape index (κ3) is 4.34. The molecule has 1 fully saturated rings. The molecule has 2 heterocycles. The van der Waals surface area contributed by atoms with Crippen molar-refractivity contribution >= 4 is 20.9 Å². The molecule has 0 radical (unpaired) electrons. The molecule has 1 aliphatic heterocycles. The largest absolute Gasteiger partial charge is 0.357 e. The normalized spacial score (nSPS) is 20.1. The van der Waals surface area contributed by atoms with Crippen LogP contribution in [0.2, 0.25) is 0 Å². The van der Waals surface area contributed by atoms with Crippen molar-refractivity contribution in [3.05, 3.63) is 36.0 Å². The van der Waals surface area contributed by atoms with Crippen LogP contribution in [0.1, 0.15) is 37.4 Å². The lowest BCUT2D eigenvalue weighted by Crippen LogP contribution is -2.36. The fourth-order valence-corrected chi connectivity index (χ4v) is 3.94. The minimum Gasteiger partial charge on any atom is -0.357 e. The Balaban J connectivity index is 1.66. The van der Waals surface area contributed by atoms with E-state index in [4.69, 9.17) is 0 Å². The van der Waals surface area contributed by atoms with Crippen LogP contribution in [-0.4, -0.2) is 44.2 Å². The van der Waals surface area contributed by atoms with Gasteiger partial charge in [-0.2, -0.15) is 0 Å². The maximum atomic E-state index is 11.1. The smallest absolute Gasteiger partial charge is 0.208 e. The van der Waals surface area contributed by atoms with Crippen LogP contribution >= 0.6 is 0 Å². The first-order chi connectivity index (χ1) is 11.0. The van der Waals surface area contributed by atoms with Crippen molar-refractivity contribution in [3.8, 4) is 0 Å². The molecule has 2 N–H and O–H groups in total. The number of rotatable bonds is 6. The van der Waals surface area contributed by atoms with E-state index >= 15 is 0 Å². The highest BCUT2D eigenvalue weighted by atomic mass is 32.2. The van der Waals surface area contributed by atoms with Gasteiger partial charge in [0.2, 0.25) is 10.0 Å². The second-order valence-electron chi connectivity index (χ2n) is 6.38. The zero-order valence-corrected chi connectivity index (χ0v) is 14.4. The molecule has 1 saturated heterocycles. The highest BCUT2D eigenvalue weighted by molar-refractivity contribution is 7.88. The Labute approximate surface area is 138 Å². The predicted molar refractivity (Wildman–Crippen MR) is 93.9 cm³/mol. The fourth-order valence-electron chi connectivity index (χ4n) is 3.43. The van der Waals surface area contributed by atoms with E-state index in [0.717, 1.165) is 25.9 Å². The first-order valence-corrected chi connectivity index (χ1v) is 10.2. The van der Waals surface area contributed by atoms with E-state index in [1.165, 1.54) is 35.7 Å². The molecule has 2 aromatic rings. The number of hydrogen-bond donors (Lipinski definition) is 2. The molecular formula is C17H25N3O2S. The molecule has 0 bridgehead atoms. The number of H-pyrrole nitrogens is 1. The molecule has 6 heteroatoms. The number of benzene rings is 1. The summed E-state index contributed by atoms with van der Waals surface area (Å²) in [6, 6.07) is 11.0. The fraction of sp³-hybridized carbons (Fsp3) is 0.529. The average molecular weight is 335 g/mol. The summed E-state index contributed by atoms with van der Waals surface area (Å²) in [6.45, 7) is 2.51. The summed E-state index contributed by atoms with van der Waals surface area (Å²) in [5.74, 6) is 0. The quantitative estimate of drug-likeness (QED) is 0.798. The lowest BCUT2D eigenvalue weighted by molar-refractivity contribution is 0.145. The zero-order valence-electron chi connectivity index (χ0n) is 13.6. The van der Waals surface area contributed by atoms with E-state index in [-0.39, 0.29) is 0 Å². The van der Waals surface area contributed by atoms with E-state index in [9.17, 15) is 8.42 Å². The maximum absolute atomic E-state index is 11.1. The van der Waals surface area contributed by atoms with Crippen molar-refractivity contribution in [3.63, 3.8) is 0 Å². The number of aromatic nitrogens is 1. The van der Waals surface area contributed by atoms with E-state index in [2.05, 4.69) is 44.9 Å². The molecule has 23 heavy (non-hydrogen) atoms. The van der Waals surface area contributed by atoms with Gasteiger partial charge < -0.3 is 4.98 Å². The molecule has 0 spiro atoms. The summed E-state index contributed by atoms with van der Waals surface area (Å²) >= 11 is 0. The van der Waals surface area contributed by atoms with Crippen LogP contribution in [0.4, 0.5) is 0 Å². The molecular weight excluding hydrogens is 310 g/mol. The molecule has 1 atom stereocenters. The number of aromatic amines is 1. The van der Waals surface area contributed by atoms with Gasteiger partial charge in [-0.15, -0.1) is 0 Å². The minimum absolute atomic E-state index is 0.411. The molecule has 0 aliphatic carbocycles. The van der Waals surface area contributed by atoms with Gasteiger partial charge in [0.05, 0.1) is 6.26 Å². The number of nitrogens with one attached hydrogen (secondary N) is 2. The monoisotopic (exact) mass is 335 g/mol. The van der Waals surface area contributed by atoms with Crippen LogP contribution in [0.3, 0.4) is 0 Å². The van der Waals surface area contributed by atoms with E-state index in [0.29, 0.717) is 12.6 Å². The van der Waals surface area contributed by atoms with Gasteiger partial charge in [-0.3, -0.25) is 4.90 Å². The summed E-state index contributed by atoms with van der Waals surface area (Å²) in [7, 11) is -3.08. The number of likely N-dealkylation sites (tertiary alicyclic amines) is 1. The number of sulfonamides is 1. The highest BCUT2D eigenvalue weighted by Gasteiger charge is 2.24. The van der Waals surface area contributed by atoms with Crippen LogP contribution in [-0.2, 0) is 10.0 Å². The average Bonchev–Trinajstić information content (AvgIpc) is 2.95. The topological polar surface area (TPSA) is 65.2 Å². The summed E-state index contributed by atoms with van der Waals surface area (Å²) in [5.41, 5.74) is 2.47. The molecule has 0 saturated carbocycles. The van der Waals surface area contributed by atoms with E-state index in [1.54, 1.807) is 0 Å². The Hall–Kier alpha value is -1.37. The van der Waals surface area contributed by atoms with Crippen LogP contribution < -0.4 is 4.72 Å². The molecule has 0 amide bonds. The Morgan fingerprint density at radius 2 is 2.13 bits per heavy atom. The third-order valence-electron chi connectivity index (χ3n) is 4.51. The second-order valence-corrected chi connectivity index (χ2v) is 8.21. The Kier molecular flexibility index (Phi) is 5.04. The van der Waals surface area contributed by atoms with Crippen molar-refractivity contribution < 1.29 is 8.42 Å².